The molecule has 0 unspecified atom stereocenters. The van der Waals surface area contributed by atoms with Gasteiger partial charge in [-0.15, -0.1) is 0 Å². The van der Waals surface area contributed by atoms with E-state index in [2.05, 4.69) is 33.1 Å². The van der Waals surface area contributed by atoms with Crippen molar-refractivity contribution in [1.82, 2.24) is 8.80 Å². The highest BCUT2D eigenvalue weighted by atomic mass is 19.1. The van der Waals surface area contributed by atoms with Crippen LogP contribution < -0.4 is 0 Å². The summed E-state index contributed by atoms with van der Waals surface area (Å²) in [6.45, 7) is 0. The Labute approximate surface area is 190 Å². The molecule has 158 valence electrons. The van der Waals surface area contributed by atoms with Gasteiger partial charge in [-0.3, -0.25) is 0 Å². The fourth-order valence-corrected chi connectivity index (χ4v) is 6.53. The van der Waals surface area contributed by atoms with Crippen molar-refractivity contribution in [2.24, 2.45) is 0 Å². The second kappa shape index (κ2) is 5.37. The van der Waals surface area contributed by atoms with Crippen LogP contribution in [0.1, 0.15) is 0 Å². The molecule has 0 saturated heterocycles. The highest BCUT2D eigenvalue weighted by molar-refractivity contribution is 6.45. The fourth-order valence-electron chi connectivity index (χ4n) is 6.53. The molecular formula is C30H14F2N2. The molecule has 9 rings (SSSR count). The number of hydrogen-bond acceptors (Lipinski definition) is 0. The van der Waals surface area contributed by atoms with Crippen LogP contribution in [0.4, 0.5) is 8.78 Å². The number of rotatable bonds is 0. The van der Waals surface area contributed by atoms with Gasteiger partial charge in [0.2, 0.25) is 0 Å². The summed E-state index contributed by atoms with van der Waals surface area (Å²) in [5.74, 6) is -0.494. The Balaban J connectivity index is 1.82. The number of fused-ring (bicyclic) bond motifs is 14. The Morgan fingerprint density at radius 3 is 1.26 bits per heavy atom. The van der Waals surface area contributed by atoms with E-state index in [4.69, 9.17) is 0 Å². The van der Waals surface area contributed by atoms with Crippen LogP contribution in [0.5, 0.6) is 0 Å². The van der Waals surface area contributed by atoms with Gasteiger partial charge in [-0.05, 0) is 48.5 Å². The van der Waals surface area contributed by atoms with Crippen molar-refractivity contribution in [3.63, 3.8) is 0 Å². The molecule has 0 N–H and O–H groups in total. The lowest BCUT2D eigenvalue weighted by atomic mass is 9.97. The molecule has 0 aliphatic rings. The number of nitrogens with zero attached hydrogens (tertiary/aromatic N) is 2. The van der Waals surface area contributed by atoms with Crippen LogP contribution in [0.25, 0.3) is 76.2 Å². The molecule has 0 atom stereocenters. The molecule has 4 aromatic heterocycles. The maximum atomic E-state index is 14.6. The summed E-state index contributed by atoms with van der Waals surface area (Å²) < 4.78 is 33.7. The van der Waals surface area contributed by atoms with Crippen LogP contribution in [0.2, 0.25) is 0 Å². The number of para-hydroxylation sites is 2. The molecule has 4 heterocycles. The molecule has 34 heavy (non-hydrogen) atoms. The predicted octanol–water partition coefficient (Wildman–Crippen LogP) is 8.27. The predicted molar refractivity (Wildman–Crippen MR) is 136 cm³/mol. The Kier molecular flexibility index (Phi) is 2.70. The Hall–Kier alpha value is -4.44. The summed E-state index contributed by atoms with van der Waals surface area (Å²) in [5.41, 5.74) is 6.27. The summed E-state index contributed by atoms with van der Waals surface area (Å²) in [6.07, 6.45) is 0. The number of halogens is 2. The first kappa shape index (κ1) is 17.1. The van der Waals surface area contributed by atoms with Gasteiger partial charge in [0.1, 0.15) is 11.6 Å². The van der Waals surface area contributed by atoms with Gasteiger partial charge in [-0.1, -0.05) is 36.4 Å². The van der Waals surface area contributed by atoms with Crippen LogP contribution in [0.3, 0.4) is 0 Å². The third-order valence-electron chi connectivity index (χ3n) is 7.66. The molecule has 2 nitrogen and oxygen atoms in total. The second-order valence-electron chi connectivity index (χ2n) is 9.23. The maximum Gasteiger partial charge on any atom is 0.123 e. The first-order chi connectivity index (χ1) is 16.7. The van der Waals surface area contributed by atoms with E-state index in [0.29, 0.717) is 0 Å². The van der Waals surface area contributed by atoms with Gasteiger partial charge in [0.25, 0.3) is 0 Å². The lowest BCUT2D eigenvalue weighted by Crippen LogP contribution is -1.80. The van der Waals surface area contributed by atoms with Crippen LogP contribution >= 0.6 is 0 Å². The summed E-state index contributed by atoms with van der Waals surface area (Å²) in [6, 6.07) is 26.8. The number of benzene rings is 5. The van der Waals surface area contributed by atoms with E-state index in [1.807, 2.05) is 36.4 Å². The summed E-state index contributed by atoms with van der Waals surface area (Å²) in [7, 11) is 0. The first-order valence-electron chi connectivity index (χ1n) is 11.4. The molecule has 0 spiro atoms. The second-order valence-corrected chi connectivity index (χ2v) is 9.23. The van der Waals surface area contributed by atoms with E-state index in [9.17, 15) is 8.78 Å². The van der Waals surface area contributed by atoms with Gasteiger partial charge in [-0.2, -0.15) is 0 Å². The van der Waals surface area contributed by atoms with E-state index in [-0.39, 0.29) is 11.6 Å². The molecule has 9 aromatic rings. The number of aromatic nitrogens is 2. The van der Waals surface area contributed by atoms with Gasteiger partial charge in [0.15, 0.2) is 0 Å². The standard InChI is InChI=1S/C30H14F2N2/c31-15-10-12-24-19(13-15)27-25-17-5-1-3-7-21(17)33-23-11-9-16(32)14-20(23)28(29(25)33)26-18-6-2-4-8-22(18)34(24)30(26)27/h1-14H. The van der Waals surface area contributed by atoms with Crippen molar-refractivity contribution in [2.45, 2.75) is 0 Å². The van der Waals surface area contributed by atoms with Crippen molar-refractivity contribution >= 4 is 76.2 Å². The number of hydrogen-bond donors (Lipinski definition) is 0. The largest absolute Gasteiger partial charge is 0.308 e. The molecule has 0 radical (unpaired) electrons. The molecular weight excluding hydrogens is 426 g/mol. The minimum absolute atomic E-state index is 0.247. The topological polar surface area (TPSA) is 8.82 Å². The van der Waals surface area contributed by atoms with Crippen LogP contribution in [0.15, 0.2) is 84.9 Å². The van der Waals surface area contributed by atoms with Gasteiger partial charge in [-0.25, -0.2) is 8.78 Å². The van der Waals surface area contributed by atoms with Crippen molar-refractivity contribution in [2.75, 3.05) is 0 Å². The Morgan fingerprint density at radius 1 is 0.412 bits per heavy atom. The minimum Gasteiger partial charge on any atom is -0.308 e. The van der Waals surface area contributed by atoms with Gasteiger partial charge < -0.3 is 8.80 Å². The minimum atomic E-state index is -0.247. The van der Waals surface area contributed by atoms with Crippen molar-refractivity contribution < 1.29 is 8.78 Å². The molecule has 0 aliphatic carbocycles. The zero-order valence-electron chi connectivity index (χ0n) is 17.7. The van der Waals surface area contributed by atoms with E-state index in [1.165, 1.54) is 12.1 Å². The average Bonchev–Trinajstić information content (AvgIpc) is 3.55. The highest BCUT2D eigenvalue weighted by Crippen LogP contribution is 2.51. The lowest BCUT2D eigenvalue weighted by molar-refractivity contribution is 0.629. The Bertz CT molecular complexity index is 2140. The van der Waals surface area contributed by atoms with Crippen molar-refractivity contribution in [3.05, 3.63) is 96.6 Å². The van der Waals surface area contributed by atoms with Gasteiger partial charge >= 0.3 is 0 Å². The van der Waals surface area contributed by atoms with Crippen molar-refractivity contribution in [1.29, 1.82) is 0 Å². The summed E-state index contributed by atoms with van der Waals surface area (Å²) in [4.78, 5) is 0. The molecule has 0 fully saturated rings. The SMILES string of the molecule is Fc1ccc2c(c1)c1c3c4ccccc4n4c5ccc(F)cc5c(c5c6ccccc6n2c51)c34. The van der Waals surface area contributed by atoms with Crippen LogP contribution in [-0.2, 0) is 0 Å². The fraction of sp³-hybridized carbons (Fsp3) is 0. The zero-order chi connectivity index (χ0) is 22.3. The first-order valence-corrected chi connectivity index (χ1v) is 11.4. The molecule has 0 aliphatic heterocycles. The molecule has 0 amide bonds. The lowest BCUT2D eigenvalue weighted by Gasteiger charge is -2.02. The molecule has 0 bridgehead atoms. The van der Waals surface area contributed by atoms with Crippen LogP contribution in [0, 0.1) is 11.6 Å². The highest BCUT2D eigenvalue weighted by Gasteiger charge is 2.28. The molecule has 0 saturated carbocycles. The monoisotopic (exact) mass is 440 g/mol. The third-order valence-corrected chi connectivity index (χ3v) is 7.66. The van der Waals surface area contributed by atoms with E-state index in [0.717, 1.165) is 76.2 Å². The maximum absolute atomic E-state index is 14.6. The van der Waals surface area contributed by atoms with E-state index in [1.54, 1.807) is 12.1 Å². The Morgan fingerprint density at radius 2 is 0.794 bits per heavy atom. The van der Waals surface area contributed by atoms with Gasteiger partial charge in [0.05, 0.1) is 33.1 Å². The van der Waals surface area contributed by atoms with E-state index < -0.39 is 0 Å². The summed E-state index contributed by atoms with van der Waals surface area (Å²) in [5, 5.41) is 8.38. The molecule has 4 heteroatoms. The zero-order valence-corrected chi connectivity index (χ0v) is 17.7. The van der Waals surface area contributed by atoms with Crippen LogP contribution in [-0.4, -0.2) is 8.80 Å². The molecule has 5 aromatic carbocycles. The normalized spacial score (nSPS) is 13.0. The average molecular weight is 440 g/mol. The van der Waals surface area contributed by atoms with E-state index >= 15 is 0 Å². The van der Waals surface area contributed by atoms with Gasteiger partial charge in [0, 0.05) is 43.1 Å². The van der Waals surface area contributed by atoms with Crippen molar-refractivity contribution in [3.8, 4) is 0 Å². The summed E-state index contributed by atoms with van der Waals surface area (Å²) >= 11 is 0. The third kappa shape index (κ3) is 1.68. The quantitative estimate of drug-likeness (QED) is 0.224. The smallest absolute Gasteiger partial charge is 0.123 e.